The fraction of sp³-hybridized carbons (Fsp3) is 0.667. The van der Waals surface area contributed by atoms with Crippen LogP contribution in [-0.2, 0) is 14.4 Å². The number of carbonyl (C=O) groups is 3. The van der Waals surface area contributed by atoms with Gasteiger partial charge >= 0.3 is 17.9 Å². The zero-order valence-corrected chi connectivity index (χ0v) is 11.3. The molecule has 0 saturated carbocycles. The SMILES string of the molecule is CCC(=O)O.CCC(=O)O.CCC(=O)O.P. The van der Waals surface area contributed by atoms with Gasteiger partial charge in [-0.2, -0.15) is 9.90 Å². The Kier molecular flexibility index (Phi) is 29.4. The molecule has 0 amide bonds. The molecule has 1 atom stereocenters. The first-order valence-corrected chi connectivity index (χ1v) is 4.47. The largest absolute Gasteiger partial charge is 0.481 e. The van der Waals surface area contributed by atoms with Gasteiger partial charge in [0.05, 0.1) is 0 Å². The van der Waals surface area contributed by atoms with Crippen LogP contribution in [-0.4, -0.2) is 33.2 Å². The predicted molar refractivity (Wildman–Crippen MR) is 64.9 cm³/mol. The maximum absolute atomic E-state index is 9.37. The summed E-state index contributed by atoms with van der Waals surface area (Å²) in [5.74, 6) is -2.24. The minimum absolute atomic E-state index is 0. The molecule has 0 aromatic carbocycles. The Morgan fingerprint density at radius 3 is 0.750 bits per heavy atom. The first-order chi connectivity index (χ1) is 6.81. The molecule has 3 N–H and O–H groups in total. The zero-order chi connectivity index (χ0) is 12.9. The van der Waals surface area contributed by atoms with Crippen molar-refractivity contribution in [3.63, 3.8) is 0 Å². The van der Waals surface area contributed by atoms with E-state index in [1.807, 2.05) is 0 Å². The van der Waals surface area contributed by atoms with Crippen LogP contribution in [0.1, 0.15) is 40.0 Å². The van der Waals surface area contributed by atoms with Gasteiger partial charge in [0.2, 0.25) is 0 Å². The van der Waals surface area contributed by atoms with E-state index in [-0.39, 0.29) is 29.2 Å². The third-order valence-electron chi connectivity index (χ3n) is 0.907. The van der Waals surface area contributed by atoms with Crippen molar-refractivity contribution in [2.45, 2.75) is 40.0 Å². The third-order valence-corrected chi connectivity index (χ3v) is 0.907. The Labute approximate surface area is 98.3 Å². The predicted octanol–water partition coefficient (Wildman–Crippen LogP) is 1.50. The van der Waals surface area contributed by atoms with Gasteiger partial charge in [-0.05, 0) is 0 Å². The lowest BCUT2D eigenvalue weighted by atomic mass is 10.5. The summed E-state index contributed by atoms with van der Waals surface area (Å²) in [6, 6.07) is 0. The molecule has 0 aromatic heterocycles. The molecule has 98 valence electrons. The Balaban J connectivity index is -0.0000000655. The van der Waals surface area contributed by atoms with E-state index in [0.29, 0.717) is 0 Å². The summed E-state index contributed by atoms with van der Waals surface area (Å²) < 4.78 is 0. The van der Waals surface area contributed by atoms with Gasteiger partial charge in [0.1, 0.15) is 0 Å². The smallest absolute Gasteiger partial charge is 0.303 e. The normalized spacial score (nSPS) is 6.94. The molecule has 7 heteroatoms. The molecule has 6 nitrogen and oxygen atoms in total. The molecule has 0 aromatic rings. The molecule has 0 spiro atoms. The van der Waals surface area contributed by atoms with Crippen LogP contribution in [0.3, 0.4) is 0 Å². The van der Waals surface area contributed by atoms with Gasteiger partial charge in [0, 0.05) is 19.3 Å². The van der Waals surface area contributed by atoms with E-state index in [4.69, 9.17) is 15.3 Å². The van der Waals surface area contributed by atoms with E-state index in [1.54, 1.807) is 20.8 Å². The fourth-order valence-electron chi connectivity index (χ4n) is 0. The molecular formula is C9H21O6P. The van der Waals surface area contributed by atoms with Crippen LogP contribution in [0.5, 0.6) is 0 Å². The molecule has 0 bridgehead atoms. The van der Waals surface area contributed by atoms with Crippen molar-refractivity contribution in [1.29, 1.82) is 0 Å². The summed E-state index contributed by atoms with van der Waals surface area (Å²) in [6.45, 7) is 4.80. The van der Waals surface area contributed by atoms with Crippen LogP contribution < -0.4 is 0 Å². The standard InChI is InChI=1S/3C3H6O2.H3P/c3*1-2-3(4)5;/h3*2H2,1H3,(H,4,5);1H3. The van der Waals surface area contributed by atoms with Crippen LogP contribution in [0.2, 0.25) is 0 Å². The summed E-state index contributed by atoms with van der Waals surface area (Å²) in [5.41, 5.74) is 0. The summed E-state index contributed by atoms with van der Waals surface area (Å²) in [5, 5.41) is 23.2. The van der Waals surface area contributed by atoms with Crippen molar-refractivity contribution >= 4 is 27.8 Å². The topological polar surface area (TPSA) is 112 Å². The van der Waals surface area contributed by atoms with Gasteiger partial charge < -0.3 is 15.3 Å². The maximum atomic E-state index is 9.37. The minimum Gasteiger partial charge on any atom is -0.481 e. The molecule has 0 aliphatic rings. The highest BCUT2D eigenvalue weighted by Gasteiger charge is 1.81. The summed E-state index contributed by atoms with van der Waals surface area (Å²) in [4.78, 5) is 28.1. The second-order valence-corrected chi connectivity index (χ2v) is 2.24. The van der Waals surface area contributed by atoms with Crippen LogP contribution in [0.25, 0.3) is 0 Å². The first kappa shape index (κ1) is 24.2. The lowest BCUT2D eigenvalue weighted by Gasteiger charge is -1.71. The number of hydrogen-bond acceptors (Lipinski definition) is 3. The number of hydrogen-bond donors (Lipinski definition) is 3. The van der Waals surface area contributed by atoms with Crippen LogP contribution in [0.15, 0.2) is 0 Å². The van der Waals surface area contributed by atoms with E-state index >= 15 is 0 Å². The summed E-state index contributed by atoms with van der Waals surface area (Å²) >= 11 is 0. The number of carboxylic acids is 3. The lowest BCUT2D eigenvalue weighted by Crippen LogP contribution is -1.86. The van der Waals surface area contributed by atoms with E-state index in [1.165, 1.54) is 0 Å². The Hall–Kier alpha value is -1.16. The highest BCUT2D eigenvalue weighted by atomic mass is 31.0. The number of carboxylic acid groups (broad SMARTS) is 3. The molecule has 0 fully saturated rings. The monoisotopic (exact) mass is 256 g/mol. The van der Waals surface area contributed by atoms with E-state index < -0.39 is 17.9 Å². The molecular weight excluding hydrogens is 235 g/mol. The average molecular weight is 256 g/mol. The van der Waals surface area contributed by atoms with Crippen LogP contribution in [0, 0.1) is 0 Å². The van der Waals surface area contributed by atoms with Crippen molar-refractivity contribution < 1.29 is 29.7 Å². The molecule has 0 aliphatic heterocycles. The minimum atomic E-state index is -0.745. The Bertz CT molecular complexity index is 159. The molecule has 0 radical (unpaired) electrons. The average Bonchev–Trinajstić information content (AvgIpc) is 2.19. The van der Waals surface area contributed by atoms with E-state index in [9.17, 15) is 14.4 Å². The van der Waals surface area contributed by atoms with E-state index in [2.05, 4.69) is 0 Å². The third kappa shape index (κ3) is 76.8. The first-order valence-electron chi connectivity index (χ1n) is 4.47. The van der Waals surface area contributed by atoms with Gasteiger partial charge in [0.15, 0.2) is 0 Å². The van der Waals surface area contributed by atoms with Gasteiger partial charge in [-0.3, -0.25) is 14.4 Å². The Morgan fingerprint density at radius 1 is 0.688 bits per heavy atom. The quantitative estimate of drug-likeness (QED) is 0.660. The molecule has 16 heavy (non-hydrogen) atoms. The van der Waals surface area contributed by atoms with Crippen molar-refractivity contribution in [1.82, 2.24) is 0 Å². The van der Waals surface area contributed by atoms with Gasteiger partial charge in [-0.25, -0.2) is 0 Å². The number of rotatable bonds is 3. The van der Waals surface area contributed by atoms with Gasteiger partial charge in [-0.1, -0.05) is 20.8 Å². The lowest BCUT2D eigenvalue weighted by molar-refractivity contribution is -0.137. The van der Waals surface area contributed by atoms with Gasteiger partial charge in [0.25, 0.3) is 0 Å². The summed E-state index contributed by atoms with van der Waals surface area (Å²) in [6.07, 6.45) is 0.667. The number of aliphatic carboxylic acids is 3. The maximum Gasteiger partial charge on any atom is 0.303 e. The Morgan fingerprint density at radius 2 is 0.750 bits per heavy atom. The second-order valence-electron chi connectivity index (χ2n) is 2.24. The molecule has 0 heterocycles. The van der Waals surface area contributed by atoms with E-state index in [0.717, 1.165) is 0 Å². The van der Waals surface area contributed by atoms with Crippen LogP contribution >= 0.6 is 9.90 Å². The highest BCUT2D eigenvalue weighted by molar-refractivity contribution is 6.92. The molecule has 0 rings (SSSR count). The molecule has 1 unspecified atom stereocenters. The molecule has 0 aliphatic carbocycles. The molecule has 0 saturated heterocycles. The second kappa shape index (κ2) is 19.4. The van der Waals surface area contributed by atoms with Crippen molar-refractivity contribution in [2.24, 2.45) is 0 Å². The van der Waals surface area contributed by atoms with Crippen molar-refractivity contribution in [2.75, 3.05) is 0 Å². The summed E-state index contributed by atoms with van der Waals surface area (Å²) in [7, 11) is 0. The van der Waals surface area contributed by atoms with Crippen molar-refractivity contribution in [3.8, 4) is 0 Å². The van der Waals surface area contributed by atoms with Crippen LogP contribution in [0.4, 0.5) is 0 Å². The van der Waals surface area contributed by atoms with Crippen molar-refractivity contribution in [3.05, 3.63) is 0 Å². The fourth-order valence-corrected chi connectivity index (χ4v) is 0. The zero-order valence-electron chi connectivity index (χ0n) is 9.89. The highest BCUT2D eigenvalue weighted by Crippen LogP contribution is 1.68. The van der Waals surface area contributed by atoms with Gasteiger partial charge in [-0.15, -0.1) is 0 Å².